The summed E-state index contributed by atoms with van der Waals surface area (Å²) in [6.07, 6.45) is 1.90. The summed E-state index contributed by atoms with van der Waals surface area (Å²) < 4.78 is 20.3. The zero-order valence-corrected chi connectivity index (χ0v) is 28.4. The maximum Gasteiger partial charge on any atom is 0.143 e. The van der Waals surface area contributed by atoms with Crippen molar-refractivity contribution in [1.29, 1.82) is 0 Å². The van der Waals surface area contributed by atoms with E-state index in [4.69, 9.17) is 13.3 Å². The van der Waals surface area contributed by atoms with Gasteiger partial charge in [-0.15, -0.1) is 0 Å². The summed E-state index contributed by atoms with van der Waals surface area (Å²) in [5.41, 5.74) is 10.9. The second kappa shape index (κ2) is 10.7. The minimum absolute atomic E-state index is 0.837. The summed E-state index contributed by atoms with van der Waals surface area (Å²) in [5.74, 6) is 0. The minimum atomic E-state index is 0.837. The van der Waals surface area contributed by atoms with Crippen LogP contribution in [-0.4, -0.2) is 0 Å². The average Bonchev–Trinajstić information content (AvgIpc) is 3.93. The molecular formula is C50H28O3. The smallest absolute Gasteiger partial charge is 0.143 e. The molecule has 0 aliphatic heterocycles. The van der Waals surface area contributed by atoms with Gasteiger partial charge in [0.25, 0.3) is 0 Å². The number of para-hydroxylation sites is 2. The molecular weight excluding hydrogens is 649 g/mol. The molecule has 0 N–H and O–H groups in total. The molecule has 0 unspecified atom stereocenters. The predicted molar refractivity (Wildman–Crippen MR) is 220 cm³/mol. The zero-order valence-electron chi connectivity index (χ0n) is 28.4. The first-order chi connectivity index (χ1) is 26.3. The quantitative estimate of drug-likeness (QED) is 0.175. The molecule has 3 aromatic heterocycles. The van der Waals surface area contributed by atoms with E-state index in [1.807, 2.05) is 18.4 Å². The van der Waals surface area contributed by atoms with E-state index in [1.54, 1.807) is 0 Å². The van der Waals surface area contributed by atoms with Crippen LogP contribution in [0.15, 0.2) is 183 Å². The summed E-state index contributed by atoms with van der Waals surface area (Å²) in [6, 6.07) is 57.9. The van der Waals surface area contributed by atoms with E-state index < -0.39 is 0 Å². The molecule has 0 saturated heterocycles. The van der Waals surface area contributed by atoms with Crippen molar-refractivity contribution in [2.24, 2.45) is 0 Å². The Hall–Kier alpha value is -7.10. The molecule has 3 heterocycles. The van der Waals surface area contributed by atoms with Gasteiger partial charge in [-0.3, -0.25) is 0 Å². The molecule has 0 fully saturated rings. The predicted octanol–water partition coefficient (Wildman–Crippen LogP) is 14.7. The molecule has 3 nitrogen and oxygen atoms in total. The largest absolute Gasteiger partial charge is 0.463 e. The first-order valence-corrected chi connectivity index (χ1v) is 18.0. The van der Waals surface area contributed by atoms with E-state index in [-0.39, 0.29) is 0 Å². The molecule has 0 amide bonds. The number of furan rings is 3. The number of hydrogen-bond donors (Lipinski definition) is 0. The molecule has 53 heavy (non-hydrogen) atoms. The van der Waals surface area contributed by atoms with Crippen LogP contribution in [0.1, 0.15) is 0 Å². The Morgan fingerprint density at radius 2 is 0.943 bits per heavy atom. The molecule has 0 spiro atoms. The van der Waals surface area contributed by atoms with Crippen LogP contribution in [0, 0.1) is 0 Å². The van der Waals surface area contributed by atoms with Crippen LogP contribution in [0.4, 0.5) is 0 Å². The highest BCUT2D eigenvalue weighted by Gasteiger charge is 2.26. The van der Waals surface area contributed by atoms with Gasteiger partial charge in [0.2, 0.25) is 0 Å². The molecule has 3 heteroatoms. The van der Waals surface area contributed by atoms with Crippen LogP contribution >= 0.6 is 0 Å². The summed E-state index contributed by atoms with van der Waals surface area (Å²) >= 11 is 0. The van der Waals surface area contributed by atoms with Crippen LogP contribution in [-0.2, 0) is 0 Å². The SMILES string of the molecule is c1ccc(-c2coc3c(-c4c5ccccc5c(-c5cccc6c5oc5c7ccccc7ccc65)c5ccccc45)c4c(cc23)oc2ccccc24)cc1. The van der Waals surface area contributed by atoms with Crippen molar-refractivity contribution in [2.75, 3.05) is 0 Å². The number of rotatable bonds is 3. The Bertz CT molecular complexity index is 3390. The number of benzene rings is 9. The highest BCUT2D eigenvalue weighted by molar-refractivity contribution is 6.31. The van der Waals surface area contributed by atoms with Crippen LogP contribution in [0.2, 0.25) is 0 Å². The first kappa shape index (κ1) is 28.6. The van der Waals surface area contributed by atoms with Crippen molar-refractivity contribution in [3.8, 4) is 33.4 Å². The van der Waals surface area contributed by atoms with Gasteiger partial charge in [-0.1, -0.05) is 146 Å². The summed E-state index contributed by atoms with van der Waals surface area (Å²) in [5, 5.41) is 12.2. The average molecular weight is 677 g/mol. The summed E-state index contributed by atoms with van der Waals surface area (Å²) in [6.45, 7) is 0. The van der Waals surface area contributed by atoms with Gasteiger partial charge < -0.3 is 13.3 Å². The van der Waals surface area contributed by atoms with Gasteiger partial charge in [0.05, 0.1) is 6.26 Å². The third-order valence-electron chi connectivity index (χ3n) is 11.1. The normalized spacial score (nSPS) is 12.2. The third-order valence-corrected chi connectivity index (χ3v) is 11.1. The Morgan fingerprint density at radius 1 is 0.321 bits per heavy atom. The lowest BCUT2D eigenvalue weighted by Crippen LogP contribution is -1.92. The lowest BCUT2D eigenvalue weighted by molar-refractivity contribution is 0.618. The monoisotopic (exact) mass is 676 g/mol. The molecule has 0 aliphatic rings. The Labute approximate surface area is 302 Å². The molecule has 9 aromatic carbocycles. The lowest BCUT2D eigenvalue weighted by atomic mass is 9.84. The van der Waals surface area contributed by atoms with Crippen molar-refractivity contribution < 1.29 is 13.3 Å². The minimum Gasteiger partial charge on any atom is -0.463 e. The topological polar surface area (TPSA) is 39.4 Å². The van der Waals surface area contributed by atoms with Crippen molar-refractivity contribution in [2.45, 2.75) is 0 Å². The van der Waals surface area contributed by atoms with Gasteiger partial charge in [-0.2, -0.15) is 0 Å². The van der Waals surface area contributed by atoms with Crippen LogP contribution < -0.4 is 0 Å². The fourth-order valence-electron chi connectivity index (χ4n) is 8.86. The molecule has 246 valence electrons. The molecule has 0 radical (unpaired) electrons. The summed E-state index contributed by atoms with van der Waals surface area (Å²) in [7, 11) is 0. The van der Waals surface area contributed by atoms with E-state index in [1.165, 1.54) is 5.39 Å². The fraction of sp³-hybridized carbons (Fsp3) is 0. The van der Waals surface area contributed by atoms with Crippen molar-refractivity contribution in [3.63, 3.8) is 0 Å². The summed E-state index contributed by atoms with van der Waals surface area (Å²) in [4.78, 5) is 0. The van der Waals surface area contributed by atoms with Gasteiger partial charge in [0, 0.05) is 60.1 Å². The van der Waals surface area contributed by atoms with Gasteiger partial charge >= 0.3 is 0 Å². The standard InChI is InChI=1S/C50H28O3/c1-2-13-29(14-3-1)41-28-51-50-40(41)27-43-46(38-21-10-11-24-42(38)52-43)47(50)45-34-19-8-6-17-32(34)44(33-18-7-9-20-35(33)45)39-23-12-22-36-37-26-25-30-15-4-5-16-31(30)48(37)53-49(36)39/h1-28H. The molecule has 0 saturated carbocycles. The lowest BCUT2D eigenvalue weighted by Gasteiger charge is -2.18. The molecule has 12 rings (SSSR count). The molecule has 0 bridgehead atoms. The van der Waals surface area contributed by atoms with Gasteiger partial charge in [-0.05, 0) is 50.7 Å². The maximum absolute atomic E-state index is 6.93. The van der Waals surface area contributed by atoms with Crippen molar-refractivity contribution in [1.82, 2.24) is 0 Å². The highest BCUT2D eigenvalue weighted by atomic mass is 16.3. The van der Waals surface area contributed by atoms with E-state index in [2.05, 4.69) is 152 Å². The van der Waals surface area contributed by atoms with E-state index in [0.717, 1.165) is 115 Å². The van der Waals surface area contributed by atoms with Crippen molar-refractivity contribution in [3.05, 3.63) is 170 Å². The molecule has 0 atom stereocenters. The van der Waals surface area contributed by atoms with Crippen molar-refractivity contribution >= 4 is 87.2 Å². The van der Waals surface area contributed by atoms with E-state index in [0.29, 0.717) is 0 Å². The fourth-order valence-corrected chi connectivity index (χ4v) is 8.86. The number of hydrogen-bond acceptors (Lipinski definition) is 3. The van der Waals surface area contributed by atoms with Crippen LogP contribution in [0.5, 0.6) is 0 Å². The van der Waals surface area contributed by atoms with E-state index in [9.17, 15) is 0 Å². The first-order valence-electron chi connectivity index (χ1n) is 18.0. The molecule has 12 aromatic rings. The van der Waals surface area contributed by atoms with E-state index >= 15 is 0 Å². The van der Waals surface area contributed by atoms with Gasteiger partial charge in [0.15, 0.2) is 0 Å². The third kappa shape index (κ3) is 3.94. The second-order valence-corrected chi connectivity index (χ2v) is 13.9. The second-order valence-electron chi connectivity index (χ2n) is 13.9. The zero-order chi connectivity index (χ0) is 34.6. The maximum atomic E-state index is 6.93. The molecule has 0 aliphatic carbocycles. The van der Waals surface area contributed by atoms with Gasteiger partial charge in [-0.25, -0.2) is 0 Å². The Morgan fingerprint density at radius 3 is 1.72 bits per heavy atom. The number of fused-ring (bicyclic) bond motifs is 11. The van der Waals surface area contributed by atoms with Gasteiger partial charge in [0.1, 0.15) is 27.9 Å². The van der Waals surface area contributed by atoms with Crippen LogP contribution in [0.25, 0.3) is 121 Å². The highest BCUT2D eigenvalue weighted by Crippen LogP contribution is 2.52. The Balaban J connectivity index is 1.25. The van der Waals surface area contributed by atoms with Crippen LogP contribution in [0.3, 0.4) is 0 Å². The Kier molecular flexibility index (Phi) is 5.77.